The molecule has 4 rings (SSSR count). The second-order valence-electron chi connectivity index (χ2n) is 9.43. The summed E-state index contributed by atoms with van der Waals surface area (Å²) in [5, 5.41) is 6.10. The lowest BCUT2D eigenvalue weighted by Gasteiger charge is -2.38. The zero-order valence-electron chi connectivity index (χ0n) is 18.7. The third kappa shape index (κ3) is 5.77. The first-order chi connectivity index (χ1) is 15.7. The molecule has 3 fully saturated rings. The van der Waals surface area contributed by atoms with Crippen LogP contribution in [0.1, 0.15) is 48.9 Å². The standard InChI is InChI=1S/C23H32BrF2N5O2/c24-16-9-18(22(33)30-6-2-1-3-7-30)20(19(27)10-16)29-17-5-4-8-31(13-17)21(32)15-11-23(25,26)14-28-12-15/h9-10,15,17,28-29H,1-8,11-14,27H2/t15?,17-/m1/s1. The molecule has 1 aromatic carbocycles. The van der Waals surface area contributed by atoms with E-state index in [1.807, 2.05) is 4.90 Å². The smallest absolute Gasteiger partial charge is 0.261 e. The van der Waals surface area contributed by atoms with Crippen molar-refractivity contribution in [1.29, 1.82) is 0 Å². The van der Waals surface area contributed by atoms with E-state index in [0.29, 0.717) is 30.0 Å². The van der Waals surface area contributed by atoms with Crippen LogP contribution in [0.2, 0.25) is 0 Å². The lowest BCUT2D eigenvalue weighted by molar-refractivity contribution is -0.142. The SMILES string of the molecule is Nc1cc(Br)cc(C(=O)N2CCCCC2)c1N[C@@H]1CCCN(C(=O)C2CNCC(F)(F)C2)C1. The molecule has 0 bridgehead atoms. The Morgan fingerprint density at radius 1 is 1.12 bits per heavy atom. The molecule has 2 atom stereocenters. The Bertz CT molecular complexity index is 894. The van der Waals surface area contributed by atoms with Gasteiger partial charge in [0.1, 0.15) is 0 Å². The number of hydrogen-bond donors (Lipinski definition) is 3. The molecule has 0 aromatic heterocycles. The Morgan fingerprint density at radius 2 is 1.85 bits per heavy atom. The molecule has 0 saturated carbocycles. The van der Waals surface area contributed by atoms with Gasteiger partial charge in [-0.05, 0) is 44.2 Å². The average Bonchev–Trinajstić information content (AvgIpc) is 2.80. The summed E-state index contributed by atoms with van der Waals surface area (Å²) in [4.78, 5) is 29.8. The first kappa shape index (κ1) is 24.2. The Hall–Kier alpha value is -1.94. The molecule has 3 heterocycles. The molecule has 1 aromatic rings. The minimum absolute atomic E-state index is 0.0514. The van der Waals surface area contributed by atoms with E-state index in [4.69, 9.17) is 5.73 Å². The van der Waals surface area contributed by atoms with Crippen molar-refractivity contribution in [3.05, 3.63) is 22.2 Å². The van der Waals surface area contributed by atoms with Gasteiger partial charge in [0.25, 0.3) is 11.8 Å². The number of halogens is 3. The van der Waals surface area contributed by atoms with Crippen LogP contribution >= 0.6 is 15.9 Å². The number of hydrogen-bond acceptors (Lipinski definition) is 5. The minimum atomic E-state index is -2.86. The molecule has 1 unspecified atom stereocenters. The minimum Gasteiger partial charge on any atom is -0.397 e. The average molecular weight is 528 g/mol. The second kappa shape index (κ2) is 10.1. The summed E-state index contributed by atoms with van der Waals surface area (Å²) in [5.41, 5.74) is 7.87. The van der Waals surface area contributed by atoms with Crippen LogP contribution in [0.15, 0.2) is 16.6 Å². The topological polar surface area (TPSA) is 90.7 Å². The van der Waals surface area contributed by atoms with Gasteiger partial charge in [0.2, 0.25) is 5.91 Å². The van der Waals surface area contributed by atoms with Gasteiger partial charge in [-0.2, -0.15) is 0 Å². The first-order valence-electron chi connectivity index (χ1n) is 11.8. The van der Waals surface area contributed by atoms with E-state index in [9.17, 15) is 18.4 Å². The molecule has 182 valence electrons. The van der Waals surface area contributed by atoms with E-state index in [0.717, 1.165) is 49.7 Å². The van der Waals surface area contributed by atoms with Crippen molar-refractivity contribution in [2.45, 2.75) is 50.5 Å². The summed E-state index contributed by atoms with van der Waals surface area (Å²) in [7, 11) is 0. The molecular weight excluding hydrogens is 496 g/mol. The van der Waals surface area contributed by atoms with E-state index in [-0.39, 0.29) is 30.9 Å². The molecule has 10 heteroatoms. The summed E-state index contributed by atoms with van der Waals surface area (Å²) in [6.07, 6.45) is 4.26. The van der Waals surface area contributed by atoms with Crippen LogP contribution in [0.4, 0.5) is 20.2 Å². The number of rotatable bonds is 4. The number of nitrogen functional groups attached to an aromatic ring is 1. The number of anilines is 2. The number of nitrogens with two attached hydrogens (primary N) is 1. The molecule has 4 N–H and O–H groups in total. The predicted molar refractivity (Wildman–Crippen MR) is 127 cm³/mol. The highest BCUT2D eigenvalue weighted by Gasteiger charge is 2.41. The van der Waals surface area contributed by atoms with Gasteiger partial charge in [-0.25, -0.2) is 8.78 Å². The fourth-order valence-corrected chi connectivity index (χ4v) is 5.57. The number of piperidine rings is 3. The van der Waals surface area contributed by atoms with E-state index in [1.54, 1.807) is 17.0 Å². The van der Waals surface area contributed by atoms with Gasteiger partial charge in [0, 0.05) is 49.7 Å². The molecule has 7 nitrogen and oxygen atoms in total. The van der Waals surface area contributed by atoms with Crippen molar-refractivity contribution < 1.29 is 18.4 Å². The molecule has 3 aliphatic rings. The van der Waals surface area contributed by atoms with Crippen molar-refractivity contribution >= 4 is 39.1 Å². The van der Waals surface area contributed by atoms with Crippen molar-refractivity contribution in [2.75, 3.05) is 50.3 Å². The fraction of sp³-hybridized carbons (Fsp3) is 0.652. The van der Waals surface area contributed by atoms with Gasteiger partial charge in [-0.15, -0.1) is 0 Å². The second-order valence-corrected chi connectivity index (χ2v) is 10.3. The summed E-state index contributed by atoms with van der Waals surface area (Å²) < 4.78 is 28.3. The van der Waals surface area contributed by atoms with Crippen molar-refractivity contribution in [3.8, 4) is 0 Å². The monoisotopic (exact) mass is 527 g/mol. The molecule has 0 radical (unpaired) electrons. The maximum absolute atomic E-state index is 13.8. The summed E-state index contributed by atoms with van der Waals surface area (Å²) >= 11 is 3.45. The van der Waals surface area contributed by atoms with Gasteiger partial charge in [0.15, 0.2) is 0 Å². The highest BCUT2D eigenvalue weighted by Crippen LogP contribution is 2.33. The van der Waals surface area contributed by atoms with E-state index in [2.05, 4.69) is 26.6 Å². The first-order valence-corrected chi connectivity index (χ1v) is 12.5. The molecule has 3 saturated heterocycles. The lowest BCUT2D eigenvalue weighted by Crippen LogP contribution is -2.53. The maximum Gasteiger partial charge on any atom is 0.261 e. The third-order valence-corrected chi connectivity index (χ3v) is 7.22. The van der Waals surface area contributed by atoms with Crippen molar-refractivity contribution in [2.24, 2.45) is 5.92 Å². The van der Waals surface area contributed by atoms with Crippen LogP contribution in [-0.4, -0.2) is 72.8 Å². The van der Waals surface area contributed by atoms with Crippen LogP contribution in [0.25, 0.3) is 0 Å². The molecule has 2 amide bonds. The van der Waals surface area contributed by atoms with Crippen molar-refractivity contribution in [1.82, 2.24) is 15.1 Å². The number of nitrogens with zero attached hydrogens (tertiary/aromatic N) is 2. The normalized spacial score (nSPS) is 25.5. The zero-order valence-corrected chi connectivity index (χ0v) is 20.3. The fourth-order valence-electron chi connectivity index (χ4n) is 5.09. The van der Waals surface area contributed by atoms with Gasteiger partial charge in [-0.1, -0.05) is 15.9 Å². The highest BCUT2D eigenvalue weighted by atomic mass is 79.9. The number of carbonyl (C=O) groups excluding carboxylic acids is 2. The molecule has 3 aliphatic heterocycles. The summed E-state index contributed by atoms with van der Waals surface area (Å²) in [6, 6.07) is 3.43. The van der Waals surface area contributed by atoms with E-state index < -0.39 is 18.3 Å². The van der Waals surface area contributed by atoms with Crippen LogP contribution < -0.4 is 16.4 Å². The van der Waals surface area contributed by atoms with Crippen LogP contribution in [0.5, 0.6) is 0 Å². The predicted octanol–water partition coefficient (Wildman–Crippen LogP) is 3.31. The highest BCUT2D eigenvalue weighted by molar-refractivity contribution is 9.10. The zero-order chi connectivity index (χ0) is 23.6. The van der Waals surface area contributed by atoms with Gasteiger partial charge >= 0.3 is 0 Å². The van der Waals surface area contributed by atoms with Gasteiger partial charge in [-0.3, -0.25) is 9.59 Å². The number of alkyl halides is 2. The van der Waals surface area contributed by atoms with Crippen LogP contribution in [-0.2, 0) is 4.79 Å². The number of likely N-dealkylation sites (tertiary alicyclic amines) is 2. The van der Waals surface area contributed by atoms with E-state index >= 15 is 0 Å². The van der Waals surface area contributed by atoms with Crippen molar-refractivity contribution in [3.63, 3.8) is 0 Å². The Kier molecular flexibility index (Phi) is 7.43. The Morgan fingerprint density at radius 3 is 2.58 bits per heavy atom. The molecular formula is C23H32BrF2N5O2. The lowest BCUT2D eigenvalue weighted by atomic mass is 9.94. The third-order valence-electron chi connectivity index (χ3n) is 6.76. The van der Waals surface area contributed by atoms with Crippen LogP contribution in [0.3, 0.4) is 0 Å². The van der Waals surface area contributed by atoms with E-state index in [1.165, 1.54) is 0 Å². The number of benzene rings is 1. The van der Waals surface area contributed by atoms with Crippen LogP contribution in [0, 0.1) is 5.92 Å². The molecule has 33 heavy (non-hydrogen) atoms. The molecule has 0 aliphatic carbocycles. The maximum atomic E-state index is 13.8. The Balaban J connectivity index is 1.48. The summed E-state index contributed by atoms with van der Waals surface area (Å²) in [5.74, 6) is -3.87. The number of carbonyl (C=O) groups is 2. The number of nitrogens with one attached hydrogen (secondary N) is 2. The van der Waals surface area contributed by atoms with Gasteiger partial charge < -0.3 is 26.2 Å². The Labute approximate surface area is 201 Å². The van der Waals surface area contributed by atoms with Gasteiger partial charge in [0.05, 0.1) is 29.4 Å². The largest absolute Gasteiger partial charge is 0.397 e. The summed E-state index contributed by atoms with van der Waals surface area (Å²) in [6.45, 7) is 2.31. The quantitative estimate of drug-likeness (QED) is 0.522. The molecule has 0 spiro atoms. The number of amides is 2.